The second-order valence-electron chi connectivity index (χ2n) is 4.88. The summed E-state index contributed by atoms with van der Waals surface area (Å²) < 4.78 is 19.0. The van der Waals surface area contributed by atoms with Crippen LogP contribution in [0, 0.1) is 12.7 Å². The fraction of sp³-hybridized carbons (Fsp3) is 0.267. The van der Waals surface area contributed by atoms with E-state index in [2.05, 4.69) is 15.5 Å². The zero-order valence-electron chi connectivity index (χ0n) is 11.5. The number of nitrogens with one attached hydrogen (secondary N) is 1. The Morgan fingerprint density at radius 2 is 2.19 bits per heavy atom. The van der Waals surface area contributed by atoms with E-state index in [1.54, 1.807) is 31.2 Å². The number of aromatic nitrogens is 2. The molecule has 1 atom stereocenters. The number of aryl methyl sites for hydroxylation is 1. The number of amides is 1. The number of para-hydroxylation sites is 1. The fourth-order valence-electron chi connectivity index (χ4n) is 2.29. The number of hydrogen-bond acceptors (Lipinski definition) is 4. The molecule has 0 unspecified atom stereocenters. The molecular weight excluding hydrogens is 273 g/mol. The van der Waals surface area contributed by atoms with E-state index in [1.165, 1.54) is 6.07 Å². The number of nitrogens with zero attached hydrogens (tertiary/aromatic N) is 2. The summed E-state index contributed by atoms with van der Waals surface area (Å²) in [4.78, 5) is 12.2. The molecule has 1 amide bonds. The third-order valence-corrected chi connectivity index (χ3v) is 3.36. The third-order valence-electron chi connectivity index (χ3n) is 3.36. The van der Waals surface area contributed by atoms with Crippen LogP contribution in [0.2, 0.25) is 0 Å². The van der Waals surface area contributed by atoms with Crippen molar-refractivity contribution in [2.45, 2.75) is 19.4 Å². The van der Waals surface area contributed by atoms with Crippen LogP contribution in [0.25, 0.3) is 0 Å². The molecular formula is C15H14FN3O2. The molecule has 1 N–H and O–H groups in total. The summed E-state index contributed by atoms with van der Waals surface area (Å²) >= 11 is 0. The second kappa shape index (κ2) is 5.47. The van der Waals surface area contributed by atoms with Gasteiger partial charge < -0.3 is 10.1 Å². The maximum absolute atomic E-state index is 13.7. The molecule has 108 valence electrons. The molecule has 1 aromatic heterocycles. The van der Waals surface area contributed by atoms with Gasteiger partial charge in [-0.1, -0.05) is 12.1 Å². The quantitative estimate of drug-likeness (QED) is 0.919. The smallest absolute Gasteiger partial charge is 0.272 e. The van der Waals surface area contributed by atoms with E-state index in [-0.39, 0.29) is 23.4 Å². The molecule has 1 aliphatic heterocycles. The molecule has 0 saturated carbocycles. The highest BCUT2D eigenvalue weighted by Gasteiger charge is 2.25. The summed E-state index contributed by atoms with van der Waals surface area (Å²) in [5, 5.41) is 10.6. The van der Waals surface area contributed by atoms with Crippen molar-refractivity contribution < 1.29 is 13.9 Å². The van der Waals surface area contributed by atoms with E-state index < -0.39 is 5.82 Å². The van der Waals surface area contributed by atoms with Gasteiger partial charge >= 0.3 is 0 Å². The van der Waals surface area contributed by atoms with Crippen LogP contribution in [0.15, 0.2) is 30.3 Å². The Hall–Kier alpha value is -2.50. The van der Waals surface area contributed by atoms with Gasteiger partial charge in [-0.2, -0.15) is 5.10 Å². The Balaban J connectivity index is 1.82. The Morgan fingerprint density at radius 1 is 1.33 bits per heavy atom. The molecule has 3 rings (SSSR count). The van der Waals surface area contributed by atoms with Crippen molar-refractivity contribution in [2.24, 2.45) is 0 Å². The summed E-state index contributed by atoms with van der Waals surface area (Å²) in [6.07, 6.45) is 0.585. The Bertz CT molecular complexity index is 673. The van der Waals surface area contributed by atoms with E-state index in [1.807, 2.05) is 0 Å². The molecule has 1 aromatic carbocycles. The maximum Gasteiger partial charge on any atom is 0.272 e. The van der Waals surface area contributed by atoms with Crippen molar-refractivity contribution in [3.8, 4) is 5.75 Å². The van der Waals surface area contributed by atoms with E-state index in [0.717, 1.165) is 5.69 Å². The minimum Gasteiger partial charge on any atom is -0.490 e. The minimum absolute atomic E-state index is 0.212. The van der Waals surface area contributed by atoms with Gasteiger partial charge in [0, 0.05) is 12.0 Å². The monoisotopic (exact) mass is 287 g/mol. The number of hydrogen-bond donors (Lipinski definition) is 1. The summed E-state index contributed by atoms with van der Waals surface area (Å²) in [5.74, 6) is -0.532. The SMILES string of the molecule is Cc1ccc(C(=O)N[C@H]2CCOc3c(F)cccc32)nn1. The van der Waals surface area contributed by atoms with Crippen LogP contribution in [0.3, 0.4) is 0 Å². The van der Waals surface area contributed by atoms with Crippen molar-refractivity contribution in [1.29, 1.82) is 0 Å². The van der Waals surface area contributed by atoms with Crippen LogP contribution in [-0.2, 0) is 0 Å². The van der Waals surface area contributed by atoms with Crippen LogP contribution in [-0.4, -0.2) is 22.7 Å². The van der Waals surface area contributed by atoms with E-state index >= 15 is 0 Å². The number of carbonyl (C=O) groups excluding carboxylic acids is 1. The number of halogens is 1. The Labute approximate surface area is 121 Å². The molecule has 5 nitrogen and oxygen atoms in total. The zero-order chi connectivity index (χ0) is 14.8. The van der Waals surface area contributed by atoms with Gasteiger partial charge in [-0.3, -0.25) is 4.79 Å². The number of fused-ring (bicyclic) bond motifs is 1. The third kappa shape index (κ3) is 2.69. The van der Waals surface area contributed by atoms with E-state index in [9.17, 15) is 9.18 Å². The number of benzene rings is 1. The van der Waals surface area contributed by atoms with Crippen molar-refractivity contribution in [3.05, 3.63) is 53.1 Å². The highest BCUT2D eigenvalue weighted by atomic mass is 19.1. The average Bonchev–Trinajstić information content (AvgIpc) is 2.49. The lowest BCUT2D eigenvalue weighted by atomic mass is 10.00. The number of ether oxygens (including phenoxy) is 1. The van der Waals surface area contributed by atoms with Gasteiger partial charge in [0.05, 0.1) is 18.3 Å². The summed E-state index contributed by atoms with van der Waals surface area (Å²) in [6.45, 7) is 2.16. The first-order valence-corrected chi connectivity index (χ1v) is 6.67. The van der Waals surface area contributed by atoms with Gasteiger partial charge in [-0.25, -0.2) is 4.39 Å². The van der Waals surface area contributed by atoms with Gasteiger partial charge in [0.1, 0.15) is 0 Å². The van der Waals surface area contributed by atoms with Crippen LogP contribution in [0.1, 0.15) is 34.2 Å². The van der Waals surface area contributed by atoms with Gasteiger partial charge in [0.15, 0.2) is 17.3 Å². The van der Waals surface area contributed by atoms with Crippen LogP contribution < -0.4 is 10.1 Å². The molecule has 6 heteroatoms. The van der Waals surface area contributed by atoms with Crippen molar-refractivity contribution in [2.75, 3.05) is 6.61 Å². The molecule has 0 saturated heterocycles. The van der Waals surface area contributed by atoms with Gasteiger partial charge in [0.25, 0.3) is 5.91 Å². The Morgan fingerprint density at radius 3 is 2.95 bits per heavy atom. The summed E-state index contributed by atoms with van der Waals surface area (Å²) in [5.41, 5.74) is 1.63. The topological polar surface area (TPSA) is 64.1 Å². The van der Waals surface area contributed by atoms with E-state index in [4.69, 9.17) is 4.74 Å². The zero-order valence-corrected chi connectivity index (χ0v) is 11.5. The molecule has 2 aromatic rings. The van der Waals surface area contributed by atoms with Gasteiger partial charge in [0.2, 0.25) is 0 Å². The highest BCUT2D eigenvalue weighted by Crippen LogP contribution is 2.34. The fourth-order valence-corrected chi connectivity index (χ4v) is 2.29. The predicted octanol–water partition coefficient (Wildman–Crippen LogP) is 2.18. The number of rotatable bonds is 2. The van der Waals surface area contributed by atoms with Crippen LogP contribution in [0.5, 0.6) is 5.75 Å². The largest absolute Gasteiger partial charge is 0.490 e. The molecule has 0 spiro atoms. The van der Waals surface area contributed by atoms with Crippen LogP contribution >= 0.6 is 0 Å². The van der Waals surface area contributed by atoms with Crippen molar-refractivity contribution >= 4 is 5.91 Å². The number of carbonyl (C=O) groups is 1. The van der Waals surface area contributed by atoms with Gasteiger partial charge in [-0.05, 0) is 25.1 Å². The van der Waals surface area contributed by atoms with E-state index in [0.29, 0.717) is 18.6 Å². The molecule has 0 aliphatic carbocycles. The molecule has 0 fully saturated rings. The lowest BCUT2D eigenvalue weighted by molar-refractivity contribution is 0.0917. The normalized spacial score (nSPS) is 16.8. The summed E-state index contributed by atoms with van der Waals surface area (Å²) in [7, 11) is 0. The first-order valence-electron chi connectivity index (χ1n) is 6.67. The minimum atomic E-state index is -0.415. The molecule has 2 heterocycles. The lowest BCUT2D eigenvalue weighted by Gasteiger charge is -2.26. The average molecular weight is 287 g/mol. The standard InChI is InChI=1S/C15H14FN3O2/c1-9-5-6-13(19-18-9)15(20)17-12-7-8-21-14-10(12)3-2-4-11(14)16/h2-6,12H,7-8H2,1H3,(H,17,20)/t12-/m0/s1. The molecule has 21 heavy (non-hydrogen) atoms. The van der Waals surface area contributed by atoms with Crippen molar-refractivity contribution in [3.63, 3.8) is 0 Å². The molecule has 0 bridgehead atoms. The highest BCUT2D eigenvalue weighted by molar-refractivity contribution is 5.92. The summed E-state index contributed by atoms with van der Waals surface area (Å²) in [6, 6.07) is 7.74. The van der Waals surface area contributed by atoms with Crippen LogP contribution in [0.4, 0.5) is 4.39 Å². The molecule has 1 aliphatic rings. The van der Waals surface area contributed by atoms with Gasteiger partial charge in [-0.15, -0.1) is 5.10 Å². The first kappa shape index (κ1) is 13.5. The predicted molar refractivity (Wildman–Crippen MR) is 73.5 cm³/mol. The lowest BCUT2D eigenvalue weighted by Crippen LogP contribution is -2.33. The molecule has 0 radical (unpaired) electrons. The maximum atomic E-state index is 13.7. The first-order chi connectivity index (χ1) is 10.1. The Kier molecular flexibility index (Phi) is 3.51. The van der Waals surface area contributed by atoms with Crippen molar-refractivity contribution in [1.82, 2.24) is 15.5 Å². The second-order valence-corrected chi connectivity index (χ2v) is 4.88.